The Morgan fingerprint density at radius 1 is 1.07 bits per heavy atom. The molecule has 3 rings (SSSR count). The second-order valence-electron chi connectivity index (χ2n) is 7.40. The number of benzene rings is 1. The van der Waals surface area contributed by atoms with Crippen LogP contribution in [-0.2, 0) is 14.4 Å². The SMILES string of the molecule is CCC(=O)NCCCCCNc1ccc2c(c1)C(=O)N(C1CCC(=O)NC1=O)C2=O. The first-order valence-corrected chi connectivity index (χ1v) is 10.3. The van der Waals surface area contributed by atoms with Crippen molar-refractivity contribution in [2.45, 2.75) is 51.5 Å². The summed E-state index contributed by atoms with van der Waals surface area (Å²) in [5, 5.41) is 8.25. The molecule has 1 unspecified atom stereocenters. The Balaban J connectivity index is 1.53. The van der Waals surface area contributed by atoms with Crippen LogP contribution in [0.15, 0.2) is 18.2 Å². The zero-order valence-electron chi connectivity index (χ0n) is 17.0. The van der Waals surface area contributed by atoms with Crippen LogP contribution < -0.4 is 16.0 Å². The number of amides is 5. The second-order valence-corrected chi connectivity index (χ2v) is 7.40. The molecule has 1 fully saturated rings. The van der Waals surface area contributed by atoms with Gasteiger partial charge in [0.2, 0.25) is 17.7 Å². The number of anilines is 1. The summed E-state index contributed by atoms with van der Waals surface area (Å²) in [6.07, 6.45) is 3.46. The van der Waals surface area contributed by atoms with E-state index in [-0.39, 0.29) is 29.9 Å². The molecule has 1 saturated heterocycles. The van der Waals surface area contributed by atoms with Gasteiger partial charge in [-0.15, -0.1) is 0 Å². The van der Waals surface area contributed by atoms with Gasteiger partial charge < -0.3 is 10.6 Å². The molecular weight excluding hydrogens is 388 g/mol. The highest BCUT2D eigenvalue weighted by molar-refractivity contribution is 6.23. The van der Waals surface area contributed by atoms with Crippen LogP contribution in [0.3, 0.4) is 0 Å². The molecule has 2 aliphatic heterocycles. The van der Waals surface area contributed by atoms with Crippen LogP contribution in [0, 0.1) is 0 Å². The van der Waals surface area contributed by atoms with E-state index >= 15 is 0 Å². The van der Waals surface area contributed by atoms with Crippen molar-refractivity contribution in [2.24, 2.45) is 0 Å². The fraction of sp³-hybridized carbons (Fsp3) is 0.476. The molecule has 0 spiro atoms. The first-order chi connectivity index (χ1) is 14.4. The summed E-state index contributed by atoms with van der Waals surface area (Å²) in [5.74, 6) is -1.98. The van der Waals surface area contributed by atoms with Gasteiger partial charge in [-0.1, -0.05) is 6.92 Å². The van der Waals surface area contributed by atoms with Crippen molar-refractivity contribution in [1.29, 1.82) is 0 Å². The van der Waals surface area contributed by atoms with E-state index in [4.69, 9.17) is 0 Å². The molecule has 3 N–H and O–H groups in total. The van der Waals surface area contributed by atoms with E-state index in [1.807, 2.05) is 6.92 Å². The molecule has 0 aromatic heterocycles. The Bertz CT molecular complexity index is 882. The van der Waals surface area contributed by atoms with Crippen LogP contribution in [0.5, 0.6) is 0 Å². The van der Waals surface area contributed by atoms with Gasteiger partial charge in [0.1, 0.15) is 6.04 Å². The van der Waals surface area contributed by atoms with Gasteiger partial charge in [0, 0.05) is 31.6 Å². The Morgan fingerprint density at radius 2 is 1.80 bits per heavy atom. The summed E-state index contributed by atoms with van der Waals surface area (Å²) in [4.78, 5) is 61.0. The topological polar surface area (TPSA) is 125 Å². The molecule has 0 saturated carbocycles. The summed E-state index contributed by atoms with van der Waals surface area (Å²) in [7, 11) is 0. The molecule has 5 amide bonds. The highest BCUT2D eigenvalue weighted by Gasteiger charge is 2.44. The zero-order valence-corrected chi connectivity index (χ0v) is 17.0. The summed E-state index contributed by atoms with van der Waals surface area (Å²) < 4.78 is 0. The average molecular weight is 414 g/mol. The number of hydrogen-bond acceptors (Lipinski definition) is 6. The smallest absolute Gasteiger partial charge is 0.262 e. The predicted octanol–water partition coefficient (Wildman–Crippen LogP) is 1.20. The average Bonchev–Trinajstić information content (AvgIpc) is 2.97. The van der Waals surface area contributed by atoms with Gasteiger partial charge in [0.05, 0.1) is 11.1 Å². The van der Waals surface area contributed by atoms with Gasteiger partial charge in [-0.05, 0) is 43.9 Å². The van der Waals surface area contributed by atoms with Crippen LogP contribution in [0.2, 0.25) is 0 Å². The minimum atomic E-state index is -0.959. The molecular formula is C21H26N4O5. The van der Waals surface area contributed by atoms with Crippen LogP contribution in [0.25, 0.3) is 0 Å². The van der Waals surface area contributed by atoms with E-state index < -0.39 is 29.7 Å². The summed E-state index contributed by atoms with van der Waals surface area (Å²) in [5.41, 5.74) is 1.25. The van der Waals surface area contributed by atoms with Gasteiger partial charge in [-0.2, -0.15) is 0 Å². The van der Waals surface area contributed by atoms with Crippen molar-refractivity contribution in [3.63, 3.8) is 0 Å². The number of hydrogen-bond donors (Lipinski definition) is 3. The minimum absolute atomic E-state index is 0.0526. The fourth-order valence-corrected chi connectivity index (χ4v) is 3.59. The van der Waals surface area contributed by atoms with Gasteiger partial charge in [0.25, 0.3) is 11.8 Å². The van der Waals surface area contributed by atoms with Crippen LogP contribution in [0.1, 0.15) is 66.2 Å². The van der Waals surface area contributed by atoms with Crippen molar-refractivity contribution >= 4 is 35.2 Å². The maximum absolute atomic E-state index is 12.8. The predicted molar refractivity (Wildman–Crippen MR) is 109 cm³/mol. The van der Waals surface area contributed by atoms with Crippen molar-refractivity contribution < 1.29 is 24.0 Å². The quantitative estimate of drug-likeness (QED) is 0.412. The number of unbranched alkanes of at least 4 members (excludes halogenated alkanes) is 2. The van der Waals surface area contributed by atoms with Crippen molar-refractivity contribution in [3.05, 3.63) is 29.3 Å². The van der Waals surface area contributed by atoms with E-state index in [0.29, 0.717) is 19.5 Å². The maximum atomic E-state index is 12.8. The highest BCUT2D eigenvalue weighted by Crippen LogP contribution is 2.29. The van der Waals surface area contributed by atoms with Crippen molar-refractivity contribution in [3.8, 4) is 0 Å². The molecule has 1 atom stereocenters. The monoisotopic (exact) mass is 414 g/mol. The summed E-state index contributed by atoms with van der Waals surface area (Å²) in [6, 6.07) is 3.99. The van der Waals surface area contributed by atoms with Crippen LogP contribution >= 0.6 is 0 Å². The lowest BCUT2D eigenvalue weighted by Crippen LogP contribution is -2.54. The van der Waals surface area contributed by atoms with E-state index in [0.717, 1.165) is 29.8 Å². The summed E-state index contributed by atoms with van der Waals surface area (Å²) >= 11 is 0. The van der Waals surface area contributed by atoms with Gasteiger partial charge in [0.15, 0.2) is 0 Å². The molecule has 160 valence electrons. The first-order valence-electron chi connectivity index (χ1n) is 10.3. The Morgan fingerprint density at radius 3 is 2.53 bits per heavy atom. The van der Waals surface area contributed by atoms with E-state index in [1.165, 1.54) is 0 Å². The molecule has 0 radical (unpaired) electrons. The fourth-order valence-electron chi connectivity index (χ4n) is 3.59. The van der Waals surface area contributed by atoms with E-state index in [2.05, 4.69) is 16.0 Å². The lowest BCUT2D eigenvalue weighted by Gasteiger charge is -2.27. The minimum Gasteiger partial charge on any atom is -0.385 e. The zero-order chi connectivity index (χ0) is 21.7. The maximum Gasteiger partial charge on any atom is 0.262 e. The lowest BCUT2D eigenvalue weighted by atomic mass is 10.0. The van der Waals surface area contributed by atoms with Gasteiger partial charge in [-0.25, -0.2) is 0 Å². The molecule has 0 bridgehead atoms. The Hall–Kier alpha value is -3.23. The van der Waals surface area contributed by atoms with Crippen LogP contribution in [0.4, 0.5) is 5.69 Å². The molecule has 1 aromatic carbocycles. The molecule has 9 heteroatoms. The number of piperidine rings is 1. The lowest BCUT2D eigenvalue weighted by molar-refractivity contribution is -0.136. The van der Waals surface area contributed by atoms with Gasteiger partial charge >= 0.3 is 0 Å². The van der Waals surface area contributed by atoms with E-state index in [1.54, 1.807) is 18.2 Å². The number of rotatable bonds is 9. The molecule has 0 aliphatic carbocycles. The Kier molecular flexibility index (Phi) is 6.81. The first kappa shape index (κ1) is 21.5. The third-order valence-corrected chi connectivity index (χ3v) is 5.27. The number of carbonyl (C=O) groups is 5. The van der Waals surface area contributed by atoms with Crippen molar-refractivity contribution in [2.75, 3.05) is 18.4 Å². The summed E-state index contributed by atoms with van der Waals surface area (Å²) in [6.45, 7) is 3.18. The third kappa shape index (κ3) is 4.67. The standard InChI is InChI=1S/C21H26N4O5/c1-2-17(26)23-11-5-3-4-10-22-13-6-7-14-15(12-13)21(30)25(20(14)29)16-8-9-18(27)24-19(16)28/h6-7,12,16,22H,2-5,8-11H2,1H3,(H,23,26)(H,24,27,28). The third-order valence-electron chi connectivity index (χ3n) is 5.27. The molecule has 2 heterocycles. The number of imide groups is 2. The highest BCUT2D eigenvalue weighted by atomic mass is 16.2. The van der Waals surface area contributed by atoms with Crippen molar-refractivity contribution in [1.82, 2.24) is 15.5 Å². The number of nitrogens with one attached hydrogen (secondary N) is 3. The number of fused-ring (bicyclic) bond motifs is 1. The van der Waals surface area contributed by atoms with Gasteiger partial charge in [-0.3, -0.25) is 34.2 Å². The molecule has 2 aliphatic rings. The largest absolute Gasteiger partial charge is 0.385 e. The molecule has 1 aromatic rings. The van der Waals surface area contributed by atoms with E-state index in [9.17, 15) is 24.0 Å². The second kappa shape index (κ2) is 9.51. The normalized spacial score (nSPS) is 18.3. The number of carbonyl (C=O) groups excluding carboxylic acids is 5. The number of nitrogens with zero attached hydrogens (tertiary/aromatic N) is 1. The Labute approximate surface area is 174 Å². The molecule has 9 nitrogen and oxygen atoms in total. The molecule has 30 heavy (non-hydrogen) atoms. The van der Waals surface area contributed by atoms with Crippen LogP contribution in [-0.4, -0.2) is 53.6 Å².